The number of piperidine rings is 1. The number of aliphatic hydroxyl groups is 1. The molecule has 2 N–H and O–H groups in total. The molecule has 0 bridgehead atoms. The summed E-state index contributed by atoms with van der Waals surface area (Å²) in [5.41, 5.74) is 0.707. The highest BCUT2D eigenvalue weighted by Gasteiger charge is 2.25. The zero-order chi connectivity index (χ0) is 13.0. The summed E-state index contributed by atoms with van der Waals surface area (Å²) >= 11 is 0. The molecule has 0 aromatic carbocycles. The van der Waals surface area contributed by atoms with Crippen LogP contribution in [0.5, 0.6) is 0 Å². The van der Waals surface area contributed by atoms with E-state index in [1.807, 2.05) is 6.92 Å². The second-order valence-electron chi connectivity index (χ2n) is 4.61. The number of hydrogen-bond acceptors (Lipinski definition) is 4. The summed E-state index contributed by atoms with van der Waals surface area (Å²) in [6, 6.07) is 1.59. The Morgan fingerprint density at radius 1 is 1.67 bits per heavy atom. The van der Waals surface area contributed by atoms with E-state index < -0.39 is 0 Å². The van der Waals surface area contributed by atoms with Crippen molar-refractivity contribution in [2.45, 2.75) is 38.8 Å². The number of nitrogens with one attached hydrogen (secondary N) is 1. The topological polar surface area (TPSA) is 78.6 Å². The SMILES string of the molecule is Cc1cc(CNC(=O)N2CCCCC2CO)no1. The number of hydrogen-bond donors (Lipinski definition) is 2. The fourth-order valence-electron chi connectivity index (χ4n) is 2.23. The van der Waals surface area contributed by atoms with Gasteiger partial charge in [-0.3, -0.25) is 0 Å². The first-order chi connectivity index (χ1) is 8.70. The lowest BCUT2D eigenvalue weighted by molar-refractivity contribution is 0.108. The average molecular weight is 253 g/mol. The van der Waals surface area contributed by atoms with E-state index in [0.29, 0.717) is 18.8 Å². The second-order valence-corrected chi connectivity index (χ2v) is 4.61. The van der Waals surface area contributed by atoms with Gasteiger partial charge in [0.25, 0.3) is 0 Å². The highest BCUT2D eigenvalue weighted by atomic mass is 16.5. The number of aromatic nitrogens is 1. The van der Waals surface area contributed by atoms with Gasteiger partial charge in [0.05, 0.1) is 19.2 Å². The van der Waals surface area contributed by atoms with Crippen LogP contribution in [-0.2, 0) is 6.54 Å². The van der Waals surface area contributed by atoms with E-state index in [0.717, 1.165) is 25.0 Å². The van der Waals surface area contributed by atoms with E-state index in [2.05, 4.69) is 10.5 Å². The summed E-state index contributed by atoms with van der Waals surface area (Å²) < 4.78 is 4.93. The smallest absolute Gasteiger partial charge is 0.318 e. The molecular weight excluding hydrogens is 234 g/mol. The normalized spacial score (nSPS) is 19.9. The monoisotopic (exact) mass is 253 g/mol. The first-order valence-electron chi connectivity index (χ1n) is 6.28. The summed E-state index contributed by atoms with van der Waals surface area (Å²) in [4.78, 5) is 13.7. The maximum atomic E-state index is 12.0. The van der Waals surface area contributed by atoms with E-state index in [1.54, 1.807) is 11.0 Å². The number of amides is 2. The molecule has 1 aromatic heterocycles. The zero-order valence-electron chi connectivity index (χ0n) is 10.6. The predicted molar refractivity (Wildman–Crippen MR) is 64.9 cm³/mol. The van der Waals surface area contributed by atoms with Crippen molar-refractivity contribution in [2.24, 2.45) is 0 Å². The van der Waals surface area contributed by atoms with Crippen molar-refractivity contribution in [2.75, 3.05) is 13.2 Å². The number of carbonyl (C=O) groups is 1. The first-order valence-corrected chi connectivity index (χ1v) is 6.28. The minimum absolute atomic E-state index is 0.0243. The lowest BCUT2D eigenvalue weighted by atomic mass is 10.0. The van der Waals surface area contributed by atoms with Gasteiger partial charge in [-0.15, -0.1) is 0 Å². The van der Waals surface area contributed by atoms with Crippen LogP contribution < -0.4 is 5.32 Å². The maximum Gasteiger partial charge on any atom is 0.318 e. The van der Waals surface area contributed by atoms with Crippen LogP contribution in [0.1, 0.15) is 30.7 Å². The molecule has 0 spiro atoms. The van der Waals surface area contributed by atoms with Crippen LogP contribution in [0.25, 0.3) is 0 Å². The number of nitrogens with zero attached hydrogens (tertiary/aromatic N) is 2. The zero-order valence-corrected chi connectivity index (χ0v) is 10.6. The third-order valence-corrected chi connectivity index (χ3v) is 3.20. The summed E-state index contributed by atoms with van der Waals surface area (Å²) in [5.74, 6) is 0.727. The Hall–Kier alpha value is -1.56. The molecule has 2 heterocycles. The summed E-state index contributed by atoms with van der Waals surface area (Å²) in [7, 11) is 0. The largest absolute Gasteiger partial charge is 0.394 e. The maximum absolute atomic E-state index is 12.0. The number of urea groups is 1. The van der Waals surface area contributed by atoms with Crippen molar-refractivity contribution in [3.8, 4) is 0 Å². The highest BCUT2D eigenvalue weighted by Crippen LogP contribution is 2.16. The lowest BCUT2D eigenvalue weighted by Crippen LogP contribution is -2.49. The van der Waals surface area contributed by atoms with Crippen LogP contribution >= 0.6 is 0 Å². The van der Waals surface area contributed by atoms with E-state index in [1.165, 1.54) is 0 Å². The van der Waals surface area contributed by atoms with E-state index in [4.69, 9.17) is 4.52 Å². The molecule has 6 heteroatoms. The minimum atomic E-state index is -0.144. The molecule has 100 valence electrons. The Morgan fingerprint density at radius 3 is 3.17 bits per heavy atom. The average Bonchev–Trinajstić information content (AvgIpc) is 2.81. The number of likely N-dealkylation sites (tertiary alicyclic amines) is 1. The van der Waals surface area contributed by atoms with Crippen molar-refractivity contribution >= 4 is 6.03 Å². The summed E-state index contributed by atoms with van der Waals surface area (Å²) in [5, 5.41) is 15.9. The molecule has 2 amide bonds. The van der Waals surface area contributed by atoms with Crippen molar-refractivity contribution in [3.05, 3.63) is 17.5 Å². The Kier molecular flexibility index (Phi) is 4.19. The molecule has 1 fully saturated rings. The van der Waals surface area contributed by atoms with Gasteiger partial charge in [-0.05, 0) is 26.2 Å². The van der Waals surface area contributed by atoms with Crippen LogP contribution in [0.15, 0.2) is 10.6 Å². The lowest BCUT2D eigenvalue weighted by Gasteiger charge is -2.34. The van der Waals surface area contributed by atoms with Crippen LogP contribution in [0.4, 0.5) is 4.79 Å². The molecule has 0 saturated carbocycles. The first kappa shape index (κ1) is 12.9. The molecule has 18 heavy (non-hydrogen) atoms. The molecule has 0 aliphatic carbocycles. The molecule has 1 saturated heterocycles. The van der Waals surface area contributed by atoms with Crippen molar-refractivity contribution < 1.29 is 14.4 Å². The standard InChI is InChI=1S/C12H19N3O3/c1-9-6-10(14-18-9)7-13-12(17)15-5-3-2-4-11(15)8-16/h6,11,16H,2-5,7-8H2,1H3,(H,13,17). The van der Waals surface area contributed by atoms with Gasteiger partial charge < -0.3 is 19.8 Å². The summed E-state index contributed by atoms with van der Waals surface area (Å²) in [6.07, 6.45) is 2.93. The van der Waals surface area contributed by atoms with Gasteiger partial charge in [-0.2, -0.15) is 0 Å². The number of aryl methyl sites for hydroxylation is 1. The Balaban J connectivity index is 1.86. The van der Waals surface area contributed by atoms with Crippen molar-refractivity contribution in [3.63, 3.8) is 0 Å². The number of rotatable bonds is 3. The second kappa shape index (κ2) is 5.86. The van der Waals surface area contributed by atoms with Crippen LogP contribution in [0.2, 0.25) is 0 Å². The minimum Gasteiger partial charge on any atom is -0.394 e. The highest BCUT2D eigenvalue weighted by molar-refractivity contribution is 5.74. The third kappa shape index (κ3) is 3.01. The molecule has 6 nitrogen and oxygen atoms in total. The van der Waals surface area contributed by atoms with Crippen LogP contribution in [0, 0.1) is 6.92 Å². The summed E-state index contributed by atoms with van der Waals surface area (Å²) in [6.45, 7) is 2.89. The van der Waals surface area contributed by atoms with Crippen molar-refractivity contribution in [1.82, 2.24) is 15.4 Å². The van der Waals surface area contributed by atoms with E-state index in [-0.39, 0.29) is 18.7 Å². The van der Waals surface area contributed by atoms with Crippen molar-refractivity contribution in [1.29, 1.82) is 0 Å². The molecule has 1 aliphatic heterocycles. The molecule has 1 unspecified atom stereocenters. The van der Waals surface area contributed by atoms with Gasteiger partial charge in [0.2, 0.25) is 0 Å². The van der Waals surface area contributed by atoms with E-state index in [9.17, 15) is 9.90 Å². The van der Waals surface area contributed by atoms with Gasteiger partial charge in [0, 0.05) is 12.6 Å². The molecule has 1 aromatic rings. The van der Waals surface area contributed by atoms with Gasteiger partial charge in [0.15, 0.2) is 0 Å². The van der Waals surface area contributed by atoms with E-state index >= 15 is 0 Å². The molecule has 1 atom stereocenters. The predicted octanol–water partition coefficient (Wildman–Crippen LogP) is 1.04. The number of carbonyl (C=O) groups excluding carboxylic acids is 1. The van der Waals surface area contributed by atoms with Crippen LogP contribution in [0.3, 0.4) is 0 Å². The fraction of sp³-hybridized carbons (Fsp3) is 0.667. The molecule has 0 radical (unpaired) electrons. The van der Waals surface area contributed by atoms with Gasteiger partial charge in [-0.1, -0.05) is 5.16 Å². The third-order valence-electron chi connectivity index (χ3n) is 3.20. The Bertz CT molecular complexity index is 405. The molecule has 2 rings (SSSR count). The quantitative estimate of drug-likeness (QED) is 0.843. The Morgan fingerprint density at radius 2 is 2.50 bits per heavy atom. The van der Waals surface area contributed by atoms with Gasteiger partial charge in [0.1, 0.15) is 11.5 Å². The fourth-order valence-corrected chi connectivity index (χ4v) is 2.23. The molecule has 1 aliphatic rings. The van der Waals surface area contributed by atoms with Gasteiger partial charge >= 0.3 is 6.03 Å². The molecular formula is C12H19N3O3. The Labute approximate surface area is 106 Å². The van der Waals surface area contributed by atoms with Gasteiger partial charge in [-0.25, -0.2) is 4.79 Å². The van der Waals surface area contributed by atoms with Crippen LogP contribution in [-0.4, -0.2) is 40.4 Å². The number of aliphatic hydroxyl groups excluding tert-OH is 1.